The molecule has 2 saturated carbocycles. The lowest BCUT2D eigenvalue weighted by atomic mass is 9.42. The van der Waals surface area contributed by atoms with Crippen molar-refractivity contribution in [3.63, 3.8) is 0 Å². The second kappa shape index (κ2) is 6.80. The van der Waals surface area contributed by atoms with Gasteiger partial charge < -0.3 is 29.2 Å². The highest BCUT2D eigenvalue weighted by atomic mass is 16.6. The number of hydrogen-bond acceptors (Lipinski definition) is 7. The van der Waals surface area contributed by atoms with E-state index in [1.54, 1.807) is 19.5 Å². The van der Waals surface area contributed by atoms with E-state index in [2.05, 4.69) is 0 Å². The van der Waals surface area contributed by atoms with Gasteiger partial charge in [0.05, 0.1) is 30.3 Å². The Balaban J connectivity index is 1.81. The summed E-state index contributed by atoms with van der Waals surface area (Å²) in [5.74, 6) is -0.681. The molecule has 1 spiro atoms. The van der Waals surface area contributed by atoms with Crippen LogP contribution in [0.3, 0.4) is 0 Å². The Labute approximate surface area is 171 Å². The predicted octanol–water partition coefficient (Wildman–Crippen LogP) is 2.55. The van der Waals surface area contributed by atoms with Crippen LogP contribution in [0.25, 0.3) is 0 Å². The van der Waals surface area contributed by atoms with Crippen LogP contribution in [-0.2, 0) is 14.3 Å². The van der Waals surface area contributed by atoms with Gasteiger partial charge in [0.1, 0.15) is 6.10 Å². The van der Waals surface area contributed by atoms with Crippen molar-refractivity contribution in [2.45, 2.75) is 83.6 Å². The van der Waals surface area contributed by atoms with Crippen LogP contribution >= 0.6 is 0 Å². The first-order valence-electron chi connectivity index (χ1n) is 10.5. The quantitative estimate of drug-likeness (QED) is 0.645. The molecule has 29 heavy (non-hydrogen) atoms. The van der Waals surface area contributed by atoms with Crippen molar-refractivity contribution >= 4 is 5.97 Å². The highest BCUT2D eigenvalue weighted by molar-refractivity contribution is 5.66. The molecule has 1 aromatic heterocycles. The molecule has 2 heterocycles. The van der Waals surface area contributed by atoms with Crippen LogP contribution in [0.5, 0.6) is 0 Å². The topological polar surface area (TPSA) is 109 Å². The van der Waals surface area contributed by atoms with E-state index in [1.165, 1.54) is 6.92 Å². The second-order valence-electron chi connectivity index (χ2n) is 9.70. The summed E-state index contributed by atoms with van der Waals surface area (Å²) >= 11 is 0. The fourth-order valence-electron chi connectivity index (χ4n) is 6.62. The van der Waals surface area contributed by atoms with Gasteiger partial charge in [-0.15, -0.1) is 0 Å². The van der Waals surface area contributed by atoms with Crippen molar-refractivity contribution in [2.24, 2.45) is 22.7 Å². The molecule has 0 aromatic carbocycles. The van der Waals surface area contributed by atoms with E-state index in [9.17, 15) is 20.1 Å². The molecule has 3 aliphatic rings. The number of aliphatic hydroxyl groups is 3. The third-order valence-electron chi connectivity index (χ3n) is 8.51. The fourth-order valence-corrected chi connectivity index (χ4v) is 6.62. The summed E-state index contributed by atoms with van der Waals surface area (Å²) in [6.07, 6.45) is 2.46. The van der Waals surface area contributed by atoms with Gasteiger partial charge in [0.2, 0.25) is 0 Å². The van der Waals surface area contributed by atoms with Crippen LogP contribution in [0, 0.1) is 22.7 Å². The van der Waals surface area contributed by atoms with Crippen LogP contribution in [0.1, 0.15) is 65.0 Å². The van der Waals surface area contributed by atoms with Crippen LogP contribution < -0.4 is 0 Å². The molecule has 3 N–H and O–H groups in total. The van der Waals surface area contributed by atoms with E-state index in [0.717, 1.165) is 5.56 Å². The van der Waals surface area contributed by atoms with Crippen molar-refractivity contribution in [1.29, 1.82) is 0 Å². The van der Waals surface area contributed by atoms with E-state index in [0.29, 0.717) is 25.7 Å². The Morgan fingerprint density at radius 3 is 2.59 bits per heavy atom. The number of fused-ring (bicyclic) bond motifs is 2. The molecular weight excluding hydrogens is 376 g/mol. The van der Waals surface area contributed by atoms with Gasteiger partial charge in [-0.05, 0) is 44.6 Å². The maximum Gasteiger partial charge on any atom is 0.302 e. The zero-order valence-corrected chi connectivity index (χ0v) is 17.5. The lowest BCUT2D eigenvalue weighted by Crippen LogP contribution is -2.69. The zero-order chi connectivity index (χ0) is 21.2. The third-order valence-corrected chi connectivity index (χ3v) is 8.51. The number of carbonyl (C=O) groups is 1. The van der Waals surface area contributed by atoms with Gasteiger partial charge in [0, 0.05) is 29.2 Å². The molecule has 0 amide bonds. The van der Waals surface area contributed by atoms with Gasteiger partial charge in [-0.25, -0.2) is 0 Å². The number of aliphatic hydroxyl groups excluding tert-OH is 2. The summed E-state index contributed by atoms with van der Waals surface area (Å²) in [6.45, 7) is 6.98. The first-order valence-corrected chi connectivity index (χ1v) is 10.5. The van der Waals surface area contributed by atoms with Crippen LogP contribution in [0.2, 0.25) is 0 Å². The van der Waals surface area contributed by atoms with Crippen molar-refractivity contribution in [3.8, 4) is 0 Å². The minimum atomic E-state index is -1.38. The molecule has 0 bridgehead atoms. The normalized spacial score (nSPS) is 49.8. The molecule has 1 aromatic rings. The molecule has 1 aliphatic heterocycles. The molecule has 9 atom stereocenters. The Bertz CT molecular complexity index is 759. The minimum absolute atomic E-state index is 0.109. The molecule has 7 heteroatoms. The van der Waals surface area contributed by atoms with Crippen LogP contribution in [0.4, 0.5) is 0 Å². The predicted molar refractivity (Wildman–Crippen MR) is 102 cm³/mol. The van der Waals surface area contributed by atoms with E-state index in [4.69, 9.17) is 13.9 Å². The number of ether oxygens (including phenoxy) is 2. The van der Waals surface area contributed by atoms with Gasteiger partial charge in [0.15, 0.2) is 6.29 Å². The Hall–Kier alpha value is -1.41. The Kier molecular flexibility index (Phi) is 4.89. The van der Waals surface area contributed by atoms with E-state index in [1.807, 2.05) is 19.9 Å². The van der Waals surface area contributed by atoms with Gasteiger partial charge in [-0.2, -0.15) is 0 Å². The molecule has 1 saturated heterocycles. The van der Waals surface area contributed by atoms with Gasteiger partial charge >= 0.3 is 5.97 Å². The number of hydrogen-bond donors (Lipinski definition) is 3. The van der Waals surface area contributed by atoms with Crippen molar-refractivity contribution in [3.05, 3.63) is 24.2 Å². The molecule has 162 valence electrons. The average molecular weight is 408 g/mol. The number of carbonyl (C=O) groups excluding carboxylic acids is 1. The maximum absolute atomic E-state index is 11.8. The number of furan rings is 1. The lowest BCUT2D eigenvalue weighted by molar-refractivity contribution is -0.287. The zero-order valence-electron chi connectivity index (χ0n) is 17.5. The van der Waals surface area contributed by atoms with Crippen LogP contribution in [-0.4, -0.2) is 45.4 Å². The van der Waals surface area contributed by atoms with Crippen molar-refractivity contribution in [1.82, 2.24) is 0 Å². The standard InChI is InChI=1S/C22H32O7/c1-12-15(28-13(2)23)9-20(3)17(5-6-18(24)21(20,4)26)22(12)10-16(29-19(22)25)14-7-8-27-11-14/h7-8,11-12,15-19,24-26H,5-6,9-10H2,1-4H3/t12-,15-,16-,17+,18-,19+,20-,21-,22+/m0/s1. The molecule has 4 rings (SSSR count). The monoisotopic (exact) mass is 408 g/mol. The largest absolute Gasteiger partial charge is 0.472 e. The first kappa shape index (κ1) is 20.8. The Morgan fingerprint density at radius 1 is 1.24 bits per heavy atom. The number of rotatable bonds is 2. The summed E-state index contributed by atoms with van der Waals surface area (Å²) in [5.41, 5.74) is -2.01. The molecule has 3 fully saturated rings. The molecular formula is C22H32O7. The smallest absolute Gasteiger partial charge is 0.302 e. The van der Waals surface area contributed by atoms with Crippen LogP contribution in [0.15, 0.2) is 23.0 Å². The van der Waals surface area contributed by atoms with Gasteiger partial charge in [-0.3, -0.25) is 4.79 Å². The first-order chi connectivity index (χ1) is 13.5. The minimum Gasteiger partial charge on any atom is -0.472 e. The highest BCUT2D eigenvalue weighted by Gasteiger charge is 2.71. The molecule has 0 unspecified atom stereocenters. The highest BCUT2D eigenvalue weighted by Crippen LogP contribution is 2.68. The maximum atomic E-state index is 11.8. The average Bonchev–Trinajstić information content (AvgIpc) is 3.27. The fraction of sp³-hybridized carbons (Fsp3) is 0.773. The van der Waals surface area contributed by atoms with Gasteiger partial charge in [-0.1, -0.05) is 13.8 Å². The summed E-state index contributed by atoms with van der Waals surface area (Å²) < 4.78 is 16.9. The van der Waals surface area contributed by atoms with E-state index in [-0.39, 0.29) is 17.9 Å². The summed E-state index contributed by atoms with van der Waals surface area (Å²) in [6, 6.07) is 1.83. The van der Waals surface area contributed by atoms with Crippen molar-refractivity contribution < 1.29 is 34.0 Å². The summed E-state index contributed by atoms with van der Waals surface area (Å²) in [7, 11) is 0. The molecule has 7 nitrogen and oxygen atoms in total. The van der Waals surface area contributed by atoms with E-state index < -0.39 is 40.9 Å². The third kappa shape index (κ3) is 2.81. The molecule has 2 aliphatic carbocycles. The van der Waals surface area contributed by atoms with Gasteiger partial charge in [0.25, 0.3) is 0 Å². The Morgan fingerprint density at radius 2 is 1.97 bits per heavy atom. The van der Waals surface area contributed by atoms with Crippen molar-refractivity contribution in [2.75, 3.05) is 0 Å². The summed E-state index contributed by atoms with van der Waals surface area (Å²) in [5, 5.41) is 33.2. The number of esters is 1. The molecule has 0 radical (unpaired) electrons. The summed E-state index contributed by atoms with van der Waals surface area (Å²) in [4.78, 5) is 11.8. The lowest BCUT2D eigenvalue weighted by Gasteiger charge is -2.65. The van der Waals surface area contributed by atoms with E-state index >= 15 is 0 Å². The SMILES string of the molecule is CC(=O)O[C@H]1C[C@@]2(C)[C@@H](CC[C@H](O)[C@]2(C)O)[C@@]2(C[C@@H](c3ccoc3)O[C@H]2O)[C@H]1C. The second-order valence-corrected chi connectivity index (χ2v) is 9.70.